The Morgan fingerprint density at radius 2 is 2.00 bits per heavy atom. The van der Waals surface area contributed by atoms with Crippen LogP contribution >= 0.6 is 11.3 Å². The van der Waals surface area contributed by atoms with Gasteiger partial charge in [0.2, 0.25) is 5.91 Å². The molecule has 0 spiro atoms. The molecule has 2 N–H and O–H groups in total. The van der Waals surface area contributed by atoms with E-state index in [4.69, 9.17) is 15.7 Å². The molecule has 17 heteroatoms. The van der Waals surface area contributed by atoms with Crippen LogP contribution in [0.1, 0.15) is 56.6 Å². The van der Waals surface area contributed by atoms with Crippen molar-refractivity contribution in [3.05, 3.63) is 41.0 Å². The number of benzene rings is 2. The van der Waals surface area contributed by atoms with E-state index >= 15 is 17.6 Å². The molecule has 0 aliphatic carbocycles. The van der Waals surface area contributed by atoms with E-state index in [1.54, 1.807) is 16.7 Å². The molecule has 1 amide bonds. The number of hydrogen-bond donors (Lipinski definition) is 1. The van der Waals surface area contributed by atoms with Gasteiger partial charge in [0, 0.05) is 67.8 Å². The number of nitrogen functional groups attached to an aromatic ring is 1. The van der Waals surface area contributed by atoms with Crippen LogP contribution in [0.15, 0.2) is 18.2 Å². The molecule has 10 nitrogen and oxygen atoms in total. The number of rotatable bonds is 9. The Hall–Kier alpha value is -4.87. The van der Waals surface area contributed by atoms with E-state index in [1.165, 1.54) is 0 Å². The largest absolute Gasteiger partial charge is 0.461 e. The van der Waals surface area contributed by atoms with Crippen LogP contribution in [-0.2, 0) is 11.0 Å². The molecule has 0 radical (unpaired) electrons. The first-order valence-electron chi connectivity index (χ1n) is 17.3. The highest BCUT2D eigenvalue weighted by atomic mass is 32.1. The summed E-state index contributed by atoms with van der Waals surface area (Å²) in [7, 11) is 0. The Morgan fingerprint density at radius 1 is 1.21 bits per heavy atom. The minimum absolute atomic E-state index is 0.0190. The van der Waals surface area contributed by atoms with Crippen LogP contribution in [0, 0.1) is 34.3 Å². The molecule has 2 aromatic carbocycles. The number of aromatic nitrogens is 2. The molecule has 53 heavy (non-hydrogen) atoms. The molecule has 4 aromatic rings. The van der Waals surface area contributed by atoms with Crippen LogP contribution < -0.4 is 15.4 Å². The first-order chi connectivity index (χ1) is 25.3. The Balaban J connectivity index is 1.42. The smallest absolute Gasteiger partial charge is 0.417 e. The number of likely N-dealkylation sites (tertiary alicyclic amines) is 1. The number of nitrogens with two attached hydrogens (primary N) is 1. The lowest BCUT2D eigenvalue weighted by molar-refractivity contribution is -0.137. The summed E-state index contributed by atoms with van der Waals surface area (Å²) in [6.45, 7) is 3.34. The standard InChI is InChI=1S/C36H34F6N8O2S/c1-2-50(20-8-12-48(17-20)26(51)5-3-10-43)33-22-13-24(36(40,41)42)28(21-6-7-25(38)31-27(21)23(15-44)32(45)53-31)29(39)30(22)46-34(47-33)52-18-35-9-4-11-49(35)16-19(37)14-35/h6-7,13,19-20H,2-5,8-9,11-12,14,16-18,45H2,1H3. The fourth-order valence-corrected chi connectivity index (χ4v) is 9.19. The van der Waals surface area contributed by atoms with Gasteiger partial charge < -0.3 is 20.3 Å². The van der Waals surface area contributed by atoms with Crippen molar-refractivity contribution < 1.29 is 35.9 Å². The van der Waals surface area contributed by atoms with Gasteiger partial charge in [0.15, 0.2) is 5.82 Å². The molecular weight excluding hydrogens is 723 g/mol. The van der Waals surface area contributed by atoms with Gasteiger partial charge in [0.1, 0.15) is 41.0 Å². The lowest BCUT2D eigenvalue weighted by Crippen LogP contribution is -2.43. The number of alkyl halides is 4. The molecule has 3 saturated heterocycles. The van der Waals surface area contributed by atoms with E-state index in [1.807, 2.05) is 17.0 Å². The van der Waals surface area contributed by atoms with E-state index in [2.05, 4.69) is 9.97 Å². The number of likely N-dealkylation sites (N-methyl/N-ethyl adjacent to an activating group) is 1. The normalized spacial score (nSPS) is 21.6. The second-order valence-corrected chi connectivity index (χ2v) is 14.7. The zero-order valence-corrected chi connectivity index (χ0v) is 29.4. The zero-order chi connectivity index (χ0) is 37.8. The lowest BCUT2D eigenvalue weighted by atomic mass is 9.92. The number of hydrogen-bond acceptors (Lipinski definition) is 10. The predicted octanol–water partition coefficient (Wildman–Crippen LogP) is 6.95. The van der Waals surface area contributed by atoms with E-state index in [0.29, 0.717) is 37.3 Å². The van der Waals surface area contributed by atoms with Crippen molar-refractivity contribution >= 4 is 49.1 Å². The topological polar surface area (TPSA) is 135 Å². The van der Waals surface area contributed by atoms with Crippen molar-refractivity contribution in [3.63, 3.8) is 0 Å². The molecule has 278 valence electrons. The maximum absolute atomic E-state index is 17.2. The minimum atomic E-state index is -5.14. The number of carbonyl (C=O) groups excluding carboxylic acids is 1. The van der Waals surface area contributed by atoms with Gasteiger partial charge >= 0.3 is 12.2 Å². The van der Waals surface area contributed by atoms with Gasteiger partial charge in [-0.15, -0.1) is 11.3 Å². The van der Waals surface area contributed by atoms with Crippen LogP contribution in [0.25, 0.3) is 32.1 Å². The Kier molecular flexibility index (Phi) is 9.53. The fraction of sp³-hybridized carbons (Fsp3) is 0.472. The summed E-state index contributed by atoms with van der Waals surface area (Å²) >= 11 is 0.669. The third kappa shape index (κ3) is 6.33. The second-order valence-electron chi connectivity index (χ2n) is 13.7. The fourth-order valence-electron chi connectivity index (χ4n) is 8.24. The number of carbonyl (C=O) groups is 1. The Morgan fingerprint density at radius 3 is 2.72 bits per heavy atom. The molecule has 3 aliphatic heterocycles. The number of nitrogens with zero attached hydrogens (tertiary/aromatic N) is 7. The van der Waals surface area contributed by atoms with Gasteiger partial charge in [-0.25, -0.2) is 13.2 Å². The third-order valence-corrected chi connectivity index (χ3v) is 11.7. The van der Waals surface area contributed by atoms with Crippen molar-refractivity contribution in [1.82, 2.24) is 19.8 Å². The zero-order valence-electron chi connectivity index (χ0n) is 28.6. The van der Waals surface area contributed by atoms with Gasteiger partial charge in [-0.3, -0.25) is 9.69 Å². The van der Waals surface area contributed by atoms with Crippen molar-refractivity contribution in [1.29, 1.82) is 10.5 Å². The molecular formula is C36H34F6N8O2S. The quantitative estimate of drug-likeness (QED) is 0.180. The summed E-state index contributed by atoms with van der Waals surface area (Å²) in [4.78, 5) is 26.9. The summed E-state index contributed by atoms with van der Waals surface area (Å²) in [5.41, 5.74) is 1.78. The highest BCUT2D eigenvalue weighted by molar-refractivity contribution is 7.23. The van der Waals surface area contributed by atoms with Gasteiger partial charge in [-0.1, -0.05) is 6.07 Å². The molecule has 3 unspecified atom stereocenters. The molecule has 3 atom stereocenters. The maximum atomic E-state index is 17.2. The van der Waals surface area contributed by atoms with Crippen LogP contribution in [-0.4, -0.2) is 82.8 Å². The van der Waals surface area contributed by atoms with Crippen LogP contribution in [0.2, 0.25) is 0 Å². The molecule has 2 aromatic heterocycles. The predicted molar refractivity (Wildman–Crippen MR) is 186 cm³/mol. The first kappa shape index (κ1) is 36.5. The van der Waals surface area contributed by atoms with Crippen molar-refractivity contribution in [3.8, 4) is 29.3 Å². The number of fused-ring (bicyclic) bond motifs is 3. The molecule has 3 fully saturated rings. The number of nitriles is 2. The van der Waals surface area contributed by atoms with E-state index in [0.717, 1.165) is 24.6 Å². The summed E-state index contributed by atoms with van der Waals surface area (Å²) in [5.74, 6) is -2.53. The molecule has 7 rings (SSSR count). The average molecular weight is 757 g/mol. The molecule has 0 bridgehead atoms. The lowest BCUT2D eigenvalue weighted by Gasteiger charge is -2.32. The summed E-state index contributed by atoms with van der Waals surface area (Å²) < 4.78 is 97.9. The molecule has 0 saturated carbocycles. The highest BCUT2D eigenvalue weighted by Crippen LogP contribution is 2.48. The number of amides is 1. The maximum Gasteiger partial charge on any atom is 0.417 e. The van der Waals surface area contributed by atoms with Crippen molar-refractivity contribution in [2.75, 3.05) is 50.0 Å². The van der Waals surface area contributed by atoms with Crippen molar-refractivity contribution in [2.45, 2.75) is 69.4 Å². The van der Waals surface area contributed by atoms with E-state index in [-0.39, 0.29) is 89.3 Å². The van der Waals surface area contributed by atoms with Gasteiger partial charge in [0.25, 0.3) is 0 Å². The summed E-state index contributed by atoms with van der Waals surface area (Å²) in [6.07, 6.45) is -4.06. The average Bonchev–Trinajstić information content (AvgIpc) is 3.89. The monoisotopic (exact) mass is 756 g/mol. The second kappa shape index (κ2) is 13.8. The van der Waals surface area contributed by atoms with Crippen molar-refractivity contribution in [2.24, 2.45) is 0 Å². The number of thiophene rings is 1. The van der Waals surface area contributed by atoms with Crippen LogP contribution in [0.4, 0.5) is 37.2 Å². The van der Waals surface area contributed by atoms with Crippen LogP contribution in [0.5, 0.6) is 6.01 Å². The van der Waals surface area contributed by atoms with E-state index < -0.39 is 57.8 Å². The minimum Gasteiger partial charge on any atom is -0.461 e. The highest BCUT2D eigenvalue weighted by Gasteiger charge is 2.49. The number of ether oxygens (including phenoxy) is 1. The van der Waals surface area contributed by atoms with Gasteiger partial charge in [-0.05, 0) is 50.4 Å². The number of halogens is 6. The SMILES string of the molecule is CCN(c1nc(OCC23CCCN2CC(F)C3)nc2c(F)c(-c3ccc(F)c4sc(N)c(C#N)c34)c(C(F)(F)F)cc12)C1CCN(C(=O)CCC#N)C1. The van der Waals surface area contributed by atoms with E-state index in [9.17, 15) is 18.8 Å². The third-order valence-electron chi connectivity index (χ3n) is 10.6. The summed E-state index contributed by atoms with van der Waals surface area (Å²) in [5, 5.41) is 18.1. The van der Waals surface area contributed by atoms with Gasteiger partial charge in [-0.2, -0.15) is 33.7 Å². The van der Waals surface area contributed by atoms with Gasteiger partial charge in [0.05, 0.1) is 27.4 Å². The first-order valence-corrected chi connectivity index (χ1v) is 18.1. The summed E-state index contributed by atoms with van der Waals surface area (Å²) in [6, 6.07) is 5.62. The number of anilines is 2. The molecule has 3 aliphatic rings. The Bertz CT molecular complexity index is 2200. The molecule has 5 heterocycles. The Labute approximate surface area is 304 Å². The van der Waals surface area contributed by atoms with Crippen LogP contribution in [0.3, 0.4) is 0 Å².